The zero-order valence-corrected chi connectivity index (χ0v) is 14.6. The molecular formula is C16H31ClN4O. The molecule has 3 aliphatic heterocycles. The highest BCUT2D eigenvalue weighted by atomic mass is 35.5. The van der Waals surface area contributed by atoms with Crippen molar-refractivity contribution in [2.45, 2.75) is 32.2 Å². The van der Waals surface area contributed by atoms with Gasteiger partial charge in [-0.3, -0.25) is 14.6 Å². The first-order valence-corrected chi connectivity index (χ1v) is 8.67. The molecule has 0 aromatic carbocycles. The van der Waals surface area contributed by atoms with Crippen molar-refractivity contribution < 1.29 is 4.79 Å². The largest absolute Gasteiger partial charge is 0.342 e. The molecule has 1 unspecified atom stereocenters. The number of halogens is 1. The van der Waals surface area contributed by atoms with Crippen molar-refractivity contribution in [3.63, 3.8) is 0 Å². The van der Waals surface area contributed by atoms with Crippen LogP contribution in [0.5, 0.6) is 0 Å². The Kier molecular flexibility index (Phi) is 6.93. The third-order valence-corrected chi connectivity index (χ3v) is 5.45. The van der Waals surface area contributed by atoms with Gasteiger partial charge in [0.2, 0.25) is 5.91 Å². The fourth-order valence-electron chi connectivity index (χ4n) is 3.79. The van der Waals surface area contributed by atoms with Gasteiger partial charge in [0.05, 0.1) is 6.54 Å². The molecule has 1 atom stereocenters. The zero-order chi connectivity index (χ0) is 14.7. The van der Waals surface area contributed by atoms with Gasteiger partial charge in [-0.25, -0.2) is 0 Å². The molecule has 3 fully saturated rings. The van der Waals surface area contributed by atoms with E-state index >= 15 is 0 Å². The summed E-state index contributed by atoms with van der Waals surface area (Å²) in [5.74, 6) is 1.13. The molecule has 3 heterocycles. The molecule has 0 radical (unpaired) electrons. The number of nitrogens with zero attached hydrogens (tertiary/aromatic N) is 3. The van der Waals surface area contributed by atoms with Crippen LogP contribution in [-0.2, 0) is 4.79 Å². The Bertz CT molecular complexity index is 346. The Hall–Kier alpha value is -0.360. The lowest BCUT2D eigenvalue weighted by molar-refractivity contribution is -0.134. The molecule has 1 amide bonds. The van der Waals surface area contributed by atoms with Gasteiger partial charge in [0.25, 0.3) is 0 Å². The second-order valence-corrected chi connectivity index (χ2v) is 7.02. The minimum Gasteiger partial charge on any atom is -0.342 e. The quantitative estimate of drug-likeness (QED) is 0.824. The molecule has 0 aromatic heterocycles. The van der Waals surface area contributed by atoms with Crippen LogP contribution in [0, 0.1) is 5.92 Å². The van der Waals surface area contributed by atoms with Gasteiger partial charge in [-0.2, -0.15) is 0 Å². The molecular weight excluding hydrogens is 300 g/mol. The smallest absolute Gasteiger partial charge is 0.236 e. The van der Waals surface area contributed by atoms with E-state index < -0.39 is 0 Å². The third kappa shape index (κ3) is 4.57. The maximum Gasteiger partial charge on any atom is 0.236 e. The van der Waals surface area contributed by atoms with Crippen LogP contribution in [0.4, 0.5) is 0 Å². The molecule has 0 spiro atoms. The van der Waals surface area contributed by atoms with Crippen molar-refractivity contribution in [2.24, 2.45) is 5.92 Å². The first kappa shape index (κ1) is 18.0. The van der Waals surface area contributed by atoms with Gasteiger partial charge in [0.15, 0.2) is 0 Å². The van der Waals surface area contributed by atoms with Gasteiger partial charge in [-0.15, -0.1) is 12.4 Å². The van der Waals surface area contributed by atoms with E-state index in [1.807, 2.05) is 0 Å². The fourth-order valence-corrected chi connectivity index (χ4v) is 3.79. The summed E-state index contributed by atoms with van der Waals surface area (Å²) < 4.78 is 0. The molecule has 0 bridgehead atoms. The average molecular weight is 331 g/mol. The number of hydrogen-bond donors (Lipinski definition) is 1. The van der Waals surface area contributed by atoms with E-state index in [1.54, 1.807) is 0 Å². The number of hydrogen-bond acceptors (Lipinski definition) is 4. The van der Waals surface area contributed by atoms with Crippen LogP contribution in [0.2, 0.25) is 0 Å². The predicted molar refractivity (Wildman–Crippen MR) is 91.5 cm³/mol. The first-order chi connectivity index (χ1) is 10.2. The molecule has 6 heteroatoms. The lowest BCUT2D eigenvalue weighted by Crippen LogP contribution is -2.53. The maximum absolute atomic E-state index is 12.4. The van der Waals surface area contributed by atoms with Crippen molar-refractivity contribution in [3.8, 4) is 0 Å². The molecule has 3 aliphatic rings. The Morgan fingerprint density at radius 1 is 1.05 bits per heavy atom. The van der Waals surface area contributed by atoms with Crippen LogP contribution in [0.1, 0.15) is 26.2 Å². The van der Waals surface area contributed by atoms with Crippen LogP contribution < -0.4 is 5.32 Å². The van der Waals surface area contributed by atoms with E-state index in [4.69, 9.17) is 0 Å². The SMILES string of the molecule is CC1CCN(C(=O)CN2CCN(C3CCNC3)CC2)CC1.Cl. The van der Waals surface area contributed by atoms with Crippen LogP contribution in [-0.4, -0.2) is 85.6 Å². The van der Waals surface area contributed by atoms with Crippen molar-refractivity contribution in [1.29, 1.82) is 0 Å². The van der Waals surface area contributed by atoms with E-state index in [0.717, 1.165) is 64.3 Å². The molecule has 128 valence electrons. The zero-order valence-electron chi connectivity index (χ0n) is 13.8. The van der Waals surface area contributed by atoms with Crippen molar-refractivity contribution in [1.82, 2.24) is 20.0 Å². The molecule has 22 heavy (non-hydrogen) atoms. The van der Waals surface area contributed by atoms with Crippen LogP contribution >= 0.6 is 12.4 Å². The average Bonchev–Trinajstić information content (AvgIpc) is 3.03. The first-order valence-electron chi connectivity index (χ1n) is 8.67. The van der Waals surface area contributed by atoms with Gasteiger partial charge >= 0.3 is 0 Å². The van der Waals surface area contributed by atoms with Crippen molar-refractivity contribution >= 4 is 18.3 Å². The molecule has 0 aromatic rings. The standard InChI is InChI=1S/C16H30N4O.ClH/c1-14-3-6-20(7-4-14)16(21)13-18-8-10-19(11-9-18)15-2-5-17-12-15;/h14-15,17H,2-13H2,1H3;1H. The molecule has 3 rings (SSSR count). The van der Waals surface area contributed by atoms with Gasteiger partial charge < -0.3 is 10.2 Å². The summed E-state index contributed by atoms with van der Waals surface area (Å²) in [5, 5.41) is 3.44. The second-order valence-electron chi connectivity index (χ2n) is 7.02. The summed E-state index contributed by atoms with van der Waals surface area (Å²) in [6, 6.07) is 0.728. The molecule has 1 N–H and O–H groups in total. The summed E-state index contributed by atoms with van der Waals surface area (Å²) in [4.78, 5) is 19.4. The summed E-state index contributed by atoms with van der Waals surface area (Å²) >= 11 is 0. The van der Waals surface area contributed by atoms with Crippen molar-refractivity contribution in [3.05, 3.63) is 0 Å². The Labute approximate surface area is 140 Å². The highest BCUT2D eigenvalue weighted by molar-refractivity contribution is 5.85. The Balaban J connectivity index is 0.00000176. The summed E-state index contributed by atoms with van der Waals surface area (Å²) in [6.45, 7) is 11.5. The predicted octanol–water partition coefficient (Wildman–Crippen LogP) is 0.646. The normalized spacial score (nSPS) is 28.6. The minimum absolute atomic E-state index is 0. The van der Waals surface area contributed by atoms with E-state index in [9.17, 15) is 4.79 Å². The fraction of sp³-hybridized carbons (Fsp3) is 0.938. The minimum atomic E-state index is 0. The van der Waals surface area contributed by atoms with E-state index in [1.165, 1.54) is 19.3 Å². The number of nitrogens with one attached hydrogen (secondary N) is 1. The second kappa shape index (κ2) is 8.48. The molecule has 0 aliphatic carbocycles. The molecule has 3 saturated heterocycles. The van der Waals surface area contributed by atoms with Gasteiger partial charge in [0, 0.05) is 51.9 Å². The number of amides is 1. The van der Waals surface area contributed by atoms with E-state index in [-0.39, 0.29) is 12.4 Å². The van der Waals surface area contributed by atoms with Gasteiger partial charge in [-0.1, -0.05) is 6.92 Å². The van der Waals surface area contributed by atoms with Crippen molar-refractivity contribution in [2.75, 3.05) is 58.9 Å². The van der Waals surface area contributed by atoms with Crippen LogP contribution in [0.3, 0.4) is 0 Å². The number of carbonyl (C=O) groups is 1. The Morgan fingerprint density at radius 2 is 1.73 bits per heavy atom. The molecule has 0 saturated carbocycles. The highest BCUT2D eigenvalue weighted by Crippen LogP contribution is 2.17. The summed E-state index contributed by atoms with van der Waals surface area (Å²) in [5.41, 5.74) is 0. The number of piperidine rings is 1. The molecule has 5 nitrogen and oxygen atoms in total. The number of rotatable bonds is 3. The van der Waals surface area contributed by atoms with E-state index in [0.29, 0.717) is 12.5 Å². The Morgan fingerprint density at radius 3 is 2.32 bits per heavy atom. The number of carbonyl (C=O) groups excluding carboxylic acids is 1. The maximum atomic E-state index is 12.4. The topological polar surface area (TPSA) is 38.8 Å². The third-order valence-electron chi connectivity index (χ3n) is 5.45. The monoisotopic (exact) mass is 330 g/mol. The highest BCUT2D eigenvalue weighted by Gasteiger charge is 2.28. The summed E-state index contributed by atoms with van der Waals surface area (Å²) in [6.07, 6.45) is 3.63. The lowest BCUT2D eigenvalue weighted by atomic mass is 9.99. The van der Waals surface area contributed by atoms with Gasteiger partial charge in [0.1, 0.15) is 0 Å². The number of piperazine rings is 1. The van der Waals surface area contributed by atoms with Gasteiger partial charge in [-0.05, 0) is 31.7 Å². The lowest BCUT2D eigenvalue weighted by Gasteiger charge is -2.38. The summed E-state index contributed by atoms with van der Waals surface area (Å²) in [7, 11) is 0. The van der Waals surface area contributed by atoms with Crippen LogP contribution in [0.25, 0.3) is 0 Å². The van der Waals surface area contributed by atoms with Crippen LogP contribution in [0.15, 0.2) is 0 Å². The number of likely N-dealkylation sites (tertiary alicyclic amines) is 1. The van der Waals surface area contributed by atoms with E-state index in [2.05, 4.69) is 26.9 Å².